The fourth-order valence-electron chi connectivity index (χ4n) is 3.61. The number of hydrogen-bond donors (Lipinski definition) is 0. The molecule has 0 aromatic heterocycles. The minimum Gasteiger partial charge on any atom is -0.311 e. The number of para-hydroxylation sites is 2. The fourth-order valence-corrected chi connectivity index (χ4v) is 3.61. The van der Waals surface area contributed by atoms with Gasteiger partial charge in [-0.25, -0.2) is 9.97 Å². The second-order valence-electron chi connectivity index (χ2n) is 7.22. The van der Waals surface area contributed by atoms with Crippen LogP contribution in [0, 0.1) is 10.1 Å². The predicted molar refractivity (Wildman–Crippen MR) is 125 cm³/mol. The Morgan fingerprint density at radius 1 is 0.594 bits per heavy atom. The minimum absolute atomic E-state index is 0.0117. The second-order valence-corrected chi connectivity index (χ2v) is 7.22. The number of hydrogen-bond acceptors (Lipinski definition) is 5. The molecule has 0 atom stereocenters. The molecular formula is C26H18N4O2. The summed E-state index contributed by atoms with van der Waals surface area (Å²) in [6, 6.07) is 34.6. The van der Waals surface area contributed by atoms with Crippen LogP contribution >= 0.6 is 0 Å². The Morgan fingerprint density at radius 3 is 1.53 bits per heavy atom. The molecule has 3 aromatic carbocycles. The van der Waals surface area contributed by atoms with Gasteiger partial charge in [-0.15, -0.1) is 0 Å². The van der Waals surface area contributed by atoms with Crippen LogP contribution < -0.4 is 4.90 Å². The van der Waals surface area contributed by atoms with Crippen molar-refractivity contribution in [3.8, 4) is 22.8 Å². The first-order valence-electron chi connectivity index (χ1n) is 10.1. The van der Waals surface area contributed by atoms with E-state index in [0.717, 1.165) is 22.6 Å². The highest BCUT2D eigenvalue weighted by atomic mass is 16.6. The lowest BCUT2D eigenvalue weighted by Crippen LogP contribution is -2.09. The first-order chi connectivity index (χ1) is 15.7. The highest BCUT2D eigenvalue weighted by molar-refractivity contribution is 5.78. The van der Waals surface area contributed by atoms with Gasteiger partial charge in [0, 0.05) is 34.8 Å². The van der Waals surface area contributed by atoms with Gasteiger partial charge in [-0.2, -0.15) is 0 Å². The highest BCUT2D eigenvalue weighted by Gasteiger charge is 2.15. The van der Waals surface area contributed by atoms with E-state index in [4.69, 9.17) is 0 Å². The van der Waals surface area contributed by atoms with Crippen LogP contribution in [0.3, 0.4) is 0 Å². The molecule has 1 aliphatic carbocycles. The van der Waals surface area contributed by atoms with Gasteiger partial charge in [0.25, 0.3) is 5.69 Å². The molecule has 154 valence electrons. The third-order valence-corrected chi connectivity index (χ3v) is 5.16. The van der Waals surface area contributed by atoms with Crippen LogP contribution in [0.4, 0.5) is 22.7 Å². The summed E-state index contributed by atoms with van der Waals surface area (Å²) >= 11 is 0. The van der Waals surface area contributed by atoms with Gasteiger partial charge in [0.15, 0.2) is 5.82 Å². The molecule has 0 fully saturated rings. The van der Waals surface area contributed by atoms with Crippen LogP contribution in [0.25, 0.3) is 22.8 Å². The number of rotatable bonds is 5. The maximum absolute atomic E-state index is 11.0. The van der Waals surface area contributed by atoms with E-state index in [0.29, 0.717) is 17.2 Å². The van der Waals surface area contributed by atoms with Gasteiger partial charge in [-0.05, 0) is 60.7 Å². The molecule has 0 bridgehead atoms. The van der Waals surface area contributed by atoms with Gasteiger partial charge >= 0.3 is 0 Å². The van der Waals surface area contributed by atoms with Crippen LogP contribution in [0.5, 0.6) is 0 Å². The third kappa shape index (κ3) is 3.77. The lowest BCUT2D eigenvalue weighted by molar-refractivity contribution is -0.384. The van der Waals surface area contributed by atoms with Crippen molar-refractivity contribution >= 4 is 22.7 Å². The number of nitrogens with zero attached hydrogens (tertiary/aromatic N) is 4. The van der Waals surface area contributed by atoms with E-state index in [1.807, 2.05) is 60.7 Å². The van der Waals surface area contributed by atoms with Crippen molar-refractivity contribution in [3.63, 3.8) is 0 Å². The number of benzene rings is 3. The second kappa shape index (κ2) is 8.28. The van der Waals surface area contributed by atoms with E-state index >= 15 is 0 Å². The van der Waals surface area contributed by atoms with Gasteiger partial charge in [0.05, 0.1) is 16.3 Å². The third-order valence-electron chi connectivity index (χ3n) is 5.16. The molecule has 5 rings (SSSR count). The van der Waals surface area contributed by atoms with E-state index < -0.39 is 4.92 Å². The molecule has 1 aliphatic heterocycles. The van der Waals surface area contributed by atoms with E-state index in [9.17, 15) is 10.1 Å². The molecule has 32 heavy (non-hydrogen) atoms. The van der Waals surface area contributed by atoms with Gasteiger partial charge < -0.3 is 4.90 Å². The summed E-state index contributed by atoms with van der Waals surface area (Å²) in [7, 11) is 0. The van der Waals surface area contributed by atoms with E-state index in [1.165, 1.54) is 12.1 Å². The average molecular weight is 418 g/mol. The predicted octanol–water partition coefficient (Wildman–Crippen LogP) is 6.63. The maximum atomic E-state index is 11.0. The zero-order valence-electron chi connectivity index (χ0n) is 17.0. The Morgan fingerprint density at radius 2 is 1.06 bits per heavy atom. The van der Waals surface area contributed by atoms with Crippen molar-refractivity contribution < 1.29 is 4.92 Å². The van der Waals surface area contributed by atoms with Crippen molar-refractivity contribution in [2.45, 2.75) is 0 Å². The molecule has 0 unspecified atom stereocenters. The summed E-state index contributed by atoms with van der Waals surface area (Å²) in [5.41, 5.74) is 5.27. The quantitative estimate of drug-likeness (QED) is 0.237. The van der Waals surface area contributed by atoms with Crippen LogP contribution in [0.2, 0.25) is 0 Å². The van der Waals surface area contributed by atoms with Gasteiger partial charge in [-0.3, -0.25) is 10.1 Å². The summed E-state index contributed by atoms with van der Waals surface area (Å²) in [4.78, 5) is 21.9. The van der Waals surface area contributed by atoms with Gasteiger partial charge in [0.2, 0.25) is 0 Å². The Bertz CT molecular complexity index is 1270. The molecule has 6 nitrogen and oxygen atoms in total. The molecule has 0 N–H and O–H groups in total. The molecule has 0 spiro atoms. The smallest absolute Gasteiger partial charge is 0.269 e. The van der Waals surface area contributed by atoms with Gasteiger partial charge in [-0.1, -0.05) is 36.4 Å². The fraction of sp³-hybridized carbons (Fsp3) is 0. The average Bonchev–Trinajstić information content (AvgIpc) is 3.13. The topological polar surface area (TPSA) is 72.2 Å². The van der Waals surface area contributed by atoms with Gasteiger partial charge in [0.1, 0.15) is 0 Å². The SMILES string of the molecule is O=[N+]([O-])c1ccc2nc(-c3ccc(N(c4ccccc4)c4ccccc4)cc3)nc-2cc1. The maximum Gasteiger partial charge on any atom is 0.269 e. The molecule has 3 aromatic rings. The van der Waals surface area contributed by atoms with Crippen molar-refractivity contribution in [1.29, 1.82) is 0 Å². The Hall–Kier alpha value is -4.58. The number of imidazole rings is 1. The monoisotopic (exact) mass is 418 g/mol. The van der Waals surface area contributed by atoms with E-state index in [2.05, 4.69) is 39.1 Å². The number of fused-ring (bicyclic) bond motifs is 1. The molecule has 0 saturated heterocycles. The molecule has 6 heteroatoms. The Labute approximate surface area is 184 Å². The summed E-state index contributed by atoms with van der Waals surface area (Å²) in [6.07, 6.45) is 0. The van der Waals surface area contributed by atoms with Crippen molar-refractivity contribution in [2.24, 2.45) is 0 Å². The molecular weight excluding hydrogens is 400 g/mol. The zero-order chi connectivity index (χ0) is 21.9. The largest absolute Gasteiger partial charge is 0.311 e. The molecule has 0 radical (unpaired) electrons. The standard InChI is InChI=1S/C26H18N4O2/c31-30(32)23-15-17-24-25(18-16-23)28-26(27-24)19-11-13-22(14-12-19)29(20-7-3-1-4-8-20)21-9-5-2-6-10-21/h1-18H. The van der Waals surface area contributed by atoms with Crippen molar-refractivity contribution in [1.82, 2.24) is 9.97 Å². The lowest BCUT2D eigenvalue weighted by Gasteiger charge is -2.25. The van der Waals surface area contributed by atoms with Crippen LogP contribution in [-0.2, 0) is 0 Å². The summed E-state index contributed by atoms with van der Waals surface area (Å²) in [5, 5.41) is 11.0. The van der Waals surface area contributed by atoms with E-state index in [-0.39, 0.29) is 5.69 Å². The molecule has 0 amide bonds. The van der Waals surface area contributed by atoms with Crippen molar-refractivity contribution in [3.05, 3.63) is 119 Å². The number of anilines is 3. The van der Waals surface area contributed by atoms with E-state index in [1.54, 1.807) is 12.1 Å². The first-order valence-corrected chi connectivity index (χ1v) is 10.1. The Kier molecular flexibility index (Phi) is 5.01. The Balaban J connectivity index is 1.51. The lowest BCUT2D eigenvalue weighted by atomic mass is 10.1. The van der Waals surface area contributed by atoms with Crippen LogP contribution in [-0.4, -0.2) is 14.9 Å². The number of nitro groups is 1. The summed E-state index contributed by atoms with van der Waals surface area (Å²) in [5.74, 6) is 0.589. The summed E-state index contributed by atoms with van der Waals surface area (Å²) < 4.78 is 0. The van der Waals surface area contributed by atoms with Crippen LogP contribution in [0.15, 0.2) is 109 Å². The zero-order valence-corrected chi connectivity index (χ0v) is 17.0. The molecule has 2 aliphatic rings. The van der Waals surface area contributed by atoms with Crippen molar-refractivity contribution in [2.75, 3.05) is 4.90 Å². The molecule has 1 heterocycles. The molecule has 0 saturated carbocycles. The highest BCUT2D eigenvalue weighted by Crippen LogP contribution is 2.35. The number of aromatic nitrogens is 2. The first kappa shape index (κ1) is 19.4. The summed E-state index contributed by atoms with van der Waals surface area (Å²) in [6.45, 7) is 0. The minimum atomic E-state index is -0.427. The van der Waals surface area contributed by atoms with Crippen LogP contribution in [0.1, 0.15) is 0 Å². The normalized spacial score (nSPS) is 10.8.